The van der Waals surface area contributed by atoms with Crippen molar-refractivity contribution in [2.45, 2.75) is 62.7 Å². The van der Waals surface area contributed by atoms with Crippen molar-refractivity contribution in [3.05, 3.63) is 147 Å². The number of non-ortho nitro benzene ring substituents is 1. The van der Waals surface area contributed by atoms with Crippen LogP contribution in [0.4, 0.5) is 21.2 Å². The number of aliphatic hydroxyl groups is 1. The van der Waals surface area contributed by atoms with Gasteiger partial charge in [0.1, 0.15) is 0 Å². The third-order valence-corrected chi connectivity index (χ3v) is 13.1. The Balaban J connectivity index is 1.16. The highest BCUT2D eigenvalue weighted by Gasteiger charge is 2.66. The molecule has 2 aliphatic heterocycles. The molecule has 0 saturated carbocycles. The first-order valence-corrected chi connectivity index (χ1v) is 20.8. The average Bonchev–Trinajstić information content (AvgIpc) is 3.82. The highest BCUT2D eigenvalue weighted by Crippen LogP contribution is 2.60. The summed E-state index contributed by atoms with van der Waals surface area (Å²) in [6, 6.07) is 29.8. The van der Waals surface area contributed by atoms with Gasteiger partial charge >= 0.3 is 0 Å². The fourth-order valence-electron chi connectivity index (χ4n) is 8.14. The number of benzene rings is 4. The number of nitrogens with zero attached hydrogens (tertiary/aromatic N) is 5. The Bertz CT molecular complexity index is 2160. The summed E-state index contributed by atoms with van der Waals surface area (Å²) in [5.74, 6) is -1.67. The molecule has 2 N–H and O–H groups in total. The number of amides is 2. The number of aromatic nitrogens is 3. The summed E-state index contributed by atoms with van der Waals surface area (Å²) >= 11 is 0. The molecule has 2 amide bonds. The van der Waals surface area contributed by atoms with Crippen molar-refractivity contribution in [2.75, 3.05) is 16.8 Å². The summed E-state index contributed by atoms with van der Waals surface area (Å²) in [6.45, 7) is 5.29. The van der Waals surface area contributed by atoms with Crippen LogP contribution in [0.1, 0.15) is 52.0 Å². The Kier molecular flexibility index (Phi) is 10.0. The first-order chi connectivity index (χ1) is 25.9. The van der Waals surface area contributed by atoms with Crippen molar-refractivity contribution >= 4 is 37.3 Å². The SMILES string of the molecule is C[C@@H]1[C@@H]([Si](C)(C)F)[C@H](CCn2cc(C(CO)c3ccccc3)nn2)O[C@@]12C(=O)N(Cc1ccc(NC(=O)c3ccccc3)cc1)c1ccc([N+](=O)[O-])cc12. The van der Waals surface area contributed by atoms with Crippen LogP contribution in [0.2, 0.25) is 18.6 Å². The van der Waals surface area contributed by atoms with Gasteiger partial charge in [-0.05, 0) is 61.0 Å². The van der Waals surface area contributed by atoms with Crippen LogP contribution in [0.5, 0.6) is 0 Å². The van der Waals surface area contributed by atoms with Crippen LogP contribution in [0.3, 0.4) is 0 Å². The molecule has 3 heterocycles. The molecule has 0 radical (unpaired) electrons. The zero-order chi connectivity index (χ0) is 38.2. The molecule has 1 fully saturated rings. The minimum atomic E-state index is -3.51. The van der Waals surface area contributed by atoms with E-state index in [-0.39, 0.29) is 30.7 Å². The summed E-state index contributed by atoms with van der Waals surface area (Å²) in [7, 11) is -3.51. The summed E-state index contributed by atoms with van der Waals surface area (Å²) < 4.78 is 24.9. The summed E-state index contributed by atoms with van der Waals surface area (Å²) in [4.78, 5) is 40.5. The number of nitro benzene ring substituents is 1. The summed E-state index contributed by atoms with van der Waals surface area (Å²) in [6.07, 6.45) is 1.36. The number of carbonyl (C=O) groups is 2. The van der Waals surface area contributed by atoms with Crippen molar-refractivity contribution in [2.24, 2.45) is 5.92 Å². The summed E-state index contributed by atoms with van der Waals surface area (Å²) in [5, 5.41) is 33.6. The fraction of sp³-hybridized carbons (Fsp3) is 0.300. The smallest absolute Gasteiger partial charge is 0.269 e. The maximum Gasteiger partial charge on any atom is 0.269 e. The fourth-order valence-corrected chi connectivity index (χ4v) is 10.7. The number of hydrogen-bond acceptors (Lipinski definition) is 8. The quantitative estimate of drug-likeness (QED) is 0.0601. The first-order valence-electron chi connectivity index (χ1n) is 17.9. The molecule has 1 aromatic heterocycles. The zero-order valence-corrected chi connectivity index (χ0v) is 31.1. The van der Waals surface area contributed by atoms with Gasteiger partial charge in [-0.1, -0.05) is 72.8 Å². The molecule has 278 valence electrons. The van der Waals surface area contributed by atoms with E-state index in [4.69, 9.17) is 4.74 Å². The maximum atomic E-state index is 16.4. The molecule has 12 nitrogen and oxygen atoms in total. The van der Waals surface area contributed by atoms with Crippen molar-refractivity contribution in [1.29, 1.82) is 0 Å². The van der Waals surface area contributed by atoms with Gasteiger partial charge in [-0.25, -0.2) is 0 Å². The zero-order valence-electron chi connectivity index (χ0n) is 30.1. The van der Waals surface area contributed by atoms with Crippen LogP contribution in [0, 0.1) is 16.0 Å². The van der Waals surface area contributed by atoms with Gasteiger partial charge < -0.3 is 24.2 Å². The Morgan fingerprint density at radius 3 is 2.39 bits per heavy atom. The second-order valence-corrected chi connectivity index (χ2v) is 18.3. The van der Waals surface area contributed by atoms with Crippen LogP contribution in [-0.2, 0) is 28.2 Å². The van der Waals surface area contributed by atoms with Crippen LogP contribution in [0.25, 0.3) is 0 Å². The molecular weight excluding hydrogens is 708 g/mol. The molecule has 5 atom stereocenters. The van der Waals surface area contributed by atoms with E-state index in [2.05, 4.69) is 15.6 Å². The monoisotopic (exact) mass is 748 g/mol. The molecule has 14 heteroatoms. The lowest BCUT2D eigenvalue weighted by atomic mass is 9.82. The lowest BCUT2D eigenvalue weighted by Gasteiger charge is -2.31. The number of hydrogen-bond donors (Lipinski definition) is 2. The molecule has 1 saturated heterocycles. The molecule has 2 aliphatic rings. The molecule has 5 aromatic rings. The predicted octanol–water partition coefficient (Wildman–Crippen LogP) is 6.97. The van der Waals surface area contributed by atoms with E-state index in [1.165, 1.54) is 12.1 Å². The Labute approximate surface area is 312 Å². The van der Waals surface area contributed by atoms with Crippen LogP contribution in [0.15, 0.2) is 109 Å². The molecule has 7 rings (SSSR count). The van der Waals surface area contributed by atoms with E-state index in [1.54, 1.807) is 83.5 Å². The van der Waals surface area contributed by atoms with Crippen LogP contribution in [-0.4, -0.2) is 58.0 Å². The lowest BCUT2D eigenvalue weighted by Crippen LogP contribution is -2.45. The standard InChI is InChI=1S/C40H41FN6O6Si/c1-26-37(54(2,3)41)36(20-21-45-24-34(43-44-45)32(25-48)28-10-6-4-7-11-28)53-40(26)33-22-31(47(51)52)18-19-35(33)46(39(40)50)23-27-14-16-30(17-15-27)42-38(49)29-12-8-5-9-13-29/h4-19,22,24,26,32,36-37,48H,20-21,23,25H2,1-3H3,(H,42,49)/t26-,32?,36+,37-,40+/m1/s1. The molecule has 1 unspecified atom stereocenters. The number of ether oxygens (including phenoxy) is 1. The van der Waals surface area contributed by atoms with E-state index < -0.39 is 42.4 Å². The third kappa shape index (κ3) is 6.83. The molecular formula is C40H41FN6O6Si. The van der Waals surface area contributed by atoms with Gasteiger partial charge in [0, 0.05) is 53.1 Å². The summed E-state index contributed by atoms with van der Waals surface area (Å²) in [5.41, 5.74) is 1.68. The van der Waals surface area contributed by atoms with Crippen molar-refractivity contribution < 1.29 is 28.5 Å². The van der Waals surface area contributed by atoms with E-state index >= 15 is 4.11 Å². The van der Waals surface area contributed by atoms with Gasteiger partial charge in [0.25, 0.3) is 17.5 Å². The number of anilines is 2. The minimum Gasteiger partial charge on any atom is -0.395 e. The molecule has 0 aliphatic carbocycles. The first kappa shape index (κ1) is 36.8. The highest BCUT2D eigenvalue weighted by molar-refractivity contribution is 6.72. The van der Waals surface area contributed by atoms with Gasteiger partial charge in [-0.3, -0.25) is 24.4 Å². The van der Waals surface area contributed by atoms with Gasteiger partial charge in [0.05, 0.1) is 41.5 Å². The molecule has 1 spiro atoms. The second-order valence-electron chi connectivity index (χ2n) is 14.5. The van der Waals surface area contributed by atoms with E-state index in [0.717, 1.165) is 11.1 Å². The number of rotatable bonds is 12. The number of aryl methyl sites for hydroxylation is 1. The van der Waals surface area contributed by atoms with Gasteiger partial charge in [0.15, 0.2) is 5.60 Å². The molecule has 4 aromatic carbocycles. The molecule has 54 heavy (non-hydrogen) atoms. The van der Waals surface area contributed by atoms with E-state index in [0.29, 0.717) is 41.2 Å². The number of carbonyl (C=O) groups excluding carboxylic acids is 2. The third-order valence-electron chi connectivity index (χ3n) is 10.7. The highest BCUT2D eigenvalue weighted by atomic mass is 28.4. The van der Waals surface area contributed by atoms with Crippen LogP contribution < -0.4 is 10.2 Å². The maximum absolute atomic E-state index is 16.4. The Hall–Kier alpha value is -5.57. The van der Waals surface area contributed by atoms with E-state index in [1.807, 2.05) is 43.3 Å². The van der Waals surface area contributed by atoms with Crippen molar-refractivity contribution in [3.8, 4) is 0 Å². The normalized spacial score (nSPS) is 21.3. The average molecular weight is 749 g/mol. The number of nitrogens with one attached hydrogen (secondary N) is 1. The number of nitro groups is 1. The van der Waals surface area contributed by atoms with Gasteiger partial charge in [-0.2, -0.15) is 0 Å². The lowest BCUT2D eigenvalue weighted by molar-refractivity contribution is -0.385. The number of halogens is 1. The van der Waals surface area contributed by atoms with Crippen molar-refractivity contribution in [3.63, 3.8) is 0 Å². The van der Waals surface area contributed by atoms with Crippen LogP contribution >= 0.6 is 0 Å². The minimum absolute atomic E-state index is 0.120. The Morgan fingerprint density at radius 1 is 1.06 bits per heavy atom. The second kappa shape index (κ2) is 14.7. The predicted molar refractivity (Wildman–Crippen MR) is 203 cm³/mol. The van der Waals surface area contributed by atoms with Gasteiger partial charge in [0.2, 0.25) is 8.41 Å². The number of fused-ring (bicyclic) bond motifs is 2. The number of aliphatic hydroxyl groups excluding tert-OH is 1. The Morgan fingerprint density at radius 2 is 1.74 bits per heavy atom. The molecule has 0 bridgehead atoms. The van der Waals surface area contributed by atoms with Gasteiger partial charge in [-0.15, -0.1) is 5.10 Å². The van der Waals surface area contributed by atoms with E-state index in [9.17, 15) is 24.8 Å². The largest absolute Gasteiger partial charge is 0.395 e. The van der Waals surface area contributed by atoms with Crippen molar-refractivity contribution in [1.82, 2.24) is 15.0 Å². The topological polar surface area (TPSA) is 153 Å².